The monoisotopic (exact) mass is 398 g/mol. The van der Waals surface area contributed by atoms with Crippen molar-refractivity contribution in [2.24, 2.45) is 10.9 Å². The summed E-state index contributed by atoms with van der Waals surface area (Å²) < 4.78 is 10.5. The Morgan fingerprint density at radius 3 is 2.89 bits per heavy atom. The molecule has 142 valence electrons. The van der Waals surface area contributed by atoms with Gasteiger partial charge in [-0.25, -0.2) is 9.98 Å². The van der Waals surface area contributed by atoms with Gasteiger partial charge in [0.15, 0.2) is 16.6 Å². The number of nitrogens with zero attached hydrogens (tertiary/aromatic N) is 2. The first-order valence-electron chi connectivity index (χ1n) is 8.28. The van der Waals surface area contributed by atoms with E-state index in [9.17, 15) is 14.4 Å². The van der Waals surface area contributed by atoms with Crippen LogP contribution in [0.1, 0.15) is 5.69 Å². The van der Waals surface area contributed by atoms with E-state index in [1.165, 1.54) is 29.7 Å². The third kappa shape index (κ3) is 4.07. The number of ether oxygens (including phenoxy) is 2. The van der Waals surface area contributed by atoms with E-state index in [2.05, 4.69) is 20.6 Å². The van der Waals surface area contributed by atoms with Gasteiger partial charge in [-0.1, -0.05) is 6.08 Å². The third-order valence-corrected chi connectivity index (χ3v) is 4.70. The zero-order valence-corrected chi connectivity index (χ0v) is 15.2. The highest BCUT2D eigenvalue weighted by Gasteiger charge is 2.19. The second kappa shape index (κ2) is 7.61. The van der Waals surface area contributed by atoms with Crippen LogP contribution in [-0.4, -0.2) is 35.7 Å². The molecule has 3 heterocycles. The highest BCUT2D eigenvalue weighted by molar-refractivity contribution is 7.14. The van der Waals surface area contributed by atoms with Crippen LogP contribution >= 0.6 is 11.3 Å². The summed E-state index contributed by atoms with van der Waals surface area (Å²) in [4.78, 5) is 43.2. The van der Waals surface area contributed by atoms with E-state index >= 15 is 0 Å². The van der Waals surface area contributed by atoms with E-state index < -0.39 is 11.8 Å². The Morgan fingerprint density at radius 1 is 1.21 bits per heavy atom. The first-order valence-corrected chi connectivity index (χ1v) is 9.16. The van der Waals surface area contributed by atoms with Gasteiger partial charge in [0, 0.05) is 29.4 Å². The minimum absolute atomic E-state index is 0.0557. The van der Waals surface area contributed by atoms with Crippen molar-refractivity contribution in [1.29, 1.82) is 0 Å². The summed E-state index contributed by atoms with van der Waals surface area (Å²) >= 11 is 1.21. The summed E-state index contributed by atoms with van der Waals surface area (Å²) in [5, 5.41) is 7.49. The molecule has 2 N–H and O–H groups in total. The second-order valence-electron chi connectivity index (χ2n) is 5.93. The lowest BCUT2D eigenvalue weighted by Crippen LogP contribution is -2.24. The fourth-order valence-electron chi connectivity index (χ4n) is 2.57. The molecular weight excluding hydrogens is 384 g/mol. The van der Waals surface area contributed by atoms with Gasteiger partial charge in [-0.2, -0.15) is 0 Å². The molecule has 4 rings (SSSR count). The van der Waals surface area contributed by atoms with Crippen molar-refractivity contribution in [1.82, 2.24) is 4.98 Å². The quantitative estimate of drug-likeness (QED) is 0.792. The molecule has 9 nitrogen and oxygen atoms in total. The summed E-state index contributed by atoms with van der Waals surface area (Å²) in [6.45, 7) is 0.166. The van der Waals surface area contributed by atoms with Crippen molar-refractivity contribution in [2.75, 3.05) is 17.4 Å². The van der Waals surface area contributed by atoms with Gasteiger partial charge in [-0.15, -0.1) is 11.3 Å². The summed E-state index contributed by atoms with van der Waals surface area (Å²) in [5.74, 6) is -0.395. The van der Waals surface area contributed by atoms with Gasteiger partial charge in [-0.05, 0) is 12.1 Å². The first kappa shape index (κ1) is 17.9. The Bertz CT molecular complexity index is 997. The molecule has 1 aromatic carbocycles. The van der Waals surface area contributed by atoms with Gasteiger partial charge < -0.3 is 20.1 Å². The smallest absolute Gasteiger partial charge is 0.269 e. The predicted octanol–water partition coefficient (Wildman–Crippen LogP) is 1.77. The van der Waals surface area contributed by atoms with Crippen LogP contribution in [0.5, 0.6) is 11.5 Å². The molecule has 1 atom stereocenters. The number of carbonyl (C=O) groups excluding carboxylic acids is 3. The molecule has 1 aromatic heterocycles. The molecular formula is C18H14N4O5S. The predicted molar refractivity (Wildman–Crippen MR) is 102 cm³/mol. The van der Waals surface area contributed by atoms with Crippen LogP contribution < -0.4 is 20.1 Å². The number of benzene rings is 1. The third-order valence-electron chi connectivity index (χ3n) is 3.89. The Hall–Kier alpha value is -3.53. The van der Waals surface area contributed by atoms with Crippen LogP contribution in [0, 0.1) is 5.92 Å². The van der Waals surface area contributed by atoms with Crippen LogP contribution in [0.3, 0.4) is 0 Å². The SMILES string of the molecule is O=C1C=CC(C(=O)Nc2nc(CC(=O)Nc3ccc4c(c3)OCO4)cs2)C=N1. The number of anilines is 2. The average molecular weight is 398 g/mol. The molecule has 0 fully saturated rings. The number of dihydropyridines is 1. The van der Waals surface area contributed by atoms with Gasteiger partial charge in [-0.3, -0.25) is 14.4 Å². The highest BCUT2D eigenvalue weighted by atomic mass is 32.1. The molecule has 3 amide bonds. The zero-order chi connectivity index (χ0) is 19.5. The van der Waals surface area contributed by atoms with E-state index in [-0.39, 0.29) is 25.0 Å². The normalized spacial score (nSPS) is 16.9. The molecule has 0 saturated carbocycles. The molecule has 0 radical (unpaired) electrons. The number of hydrogen-bond donors (Lipinski definition) is 2. The number of aromatic nitrogens is 1. The number of aliphatic imine (C=N–C) groups is 1. The number of carbonyl (C=O) groups is 3. The van der Waals surface area contributed by atoms with E-state index in [4.69, 9.17) is 9.47 Å². The maximum absolute atomic E-state index is 12.2. The molecule has 28 heavy (non-hydrogen) atoms. The lowest BCUT2D eigenvalue weighted by molar-refractivity contribution is -0.117. The molecule has 10 heteroatoms. The fourth-order valence-corrected chi connectivity index (χ4v) is 3.28. The Morgan fingerprint density at radius 2 is 2.07 bits per heavy atom. The second-order valence-corrected chi connectivity index (χ2v) is 6.79. The van der Waals surface area contributed by atoms with Crippen LogP contribution in [-0.2, 0) is 20.8 Å². The van der Waals surface area contributed by atoms with Gasteiger partial charge in [0.25, 0.3) is 5.91 Å². The van der Waals surface area contributed by atoms with Crippen molar-refractivity contribution >= 4 is 46.1 Å². The summed E-state index contributed by atoms with van der Waals surface area (Å²) in [6, 6.07) is 5.14. The standard InChI is InChI=1S/C18H14N4O5S/c23-15-4-1-10(7-19-15)17(25)22-18-21-12(8-28-18)6-16(24)20-11-2-3-13-14(5-11)27-9-26-13/h1-5,7-8,10H,6,9H2,(H,20,24)(H,21,22,25). The number of thiazole rings is 1. The van der Waals surface area contributed by atoms with Crippen LogP contribution in [0.4, 0.5) is 10.8 Å². The number of rotatable bonds is 5. The number of amides is 3. The molecule has 2 aliphatic rings. The van der Waals surface area contributed by atoms with E-state index in [0.29, 0.717) is 28.0 Å². The summed E-state index contributed by atoms with van der Waals surface area (Å²) in [6.07, 6.45) is 4.06. The van der Waals surface area contributed by atoms with Crippen molar-refractivity contribution in [2.45, 2.75) is 6.42 Å². The van der Waals surface area contributed by atoms with Gasteiger partial charge in [0.2, 0.25) is 18.6 Å². The fraction of sp³-hybridized carbons (Fsp3) is 0.167. The van der Waals surface area contributed by atoms with Crippen molar-refractivity contribution < 1.29 is 23.9 Å². The van der Waals surface area contributed by atoms with Crippen molar-refractivity contribution in [3.05, 3.63) is 41.4 Å². The number of hydrogen-bond acceptors (Lipinski definition) is 7. The average Bonchev–Trinajstić information content (AvgIpc) is 3.31. The maximum Gasteiger partial charge on any atom is 0.269 e. The van der Waals surface area contributed by atoms with E-state index in [1.807, 2.05) is 0 Å². The van der Waals surface area contributed by atoms with Crippen LogP contribution in [0.25, 0.3) is 0 Å². The molecule has 2 aromatic rings. The zero-order valence-electron chi connectivity index (χ0n) is 14.4. The lowest BCUT2D eigenvalue weighted by atomic mass is 10.1. The molecule has 0 aliphatic carbocycles. The topological polar surface area (TPSA) is 119 Å². The van der Waals surface area contributed by atoms with Crippen LogP contribution in [0.2, 0.25) is 0 Å². The highest BCUT2D eigenvalue weighted by Crippen LogP contribution is 2.34. The van der Waals surface area contributed by atoms with Crippen molar-refractivity contribution in [3.63, 3.8) is 0 Å². The van der Waals surface area contributed by atoms with Gasteiger partial charge >= 0.3 is 0 Å². The lowest BCUT2D eigenvalue weighted by Gasteiger charge is -2.08. The molecule has 2 aliphatic heterocycles. The molecule has 0 bridgehead atoms. The van der Waals surface area contributed by atoms with Crippen molar-refractivity contribution in [3.8, 4) is 11.5 Å². The minimum atomic E-state index is -0.626. The summed E-state index contributed by atoms with van der Waals surface area (Å²) in [7, 11) is 0. The van der Waals surface area contributed by atoms with E-state index in [1.54, 1.807) is 23.6 Å². The molecule has 0 spiro atoms. The first-order chi connectivity index (χ1) is 13.6. The maximum atomic E-state index is 12.2. The molecule has 0 saturated heterocycles. The minimum Gasteiger partial charge on any atom is -0.454 e. The Labute approximate surface area is 163 Å². The van der Waals surface area contributed by atoms with Gasteiger partial charge in [0.1, 0.15) is 0 Å². The van der Waals surface area contributed by atoms with Gasteiger partial charge in [0.05, 0.1) is 18.0 Å². The number of nitrogens with one attached hydrogen (secondary N) is 2. The van der Waals surface area contributed by atoms with Crippen LogP contribution in [0.15, 0.2) is 40.7 Å². The Kier molecular flexibility index (Phi) is 4.85. The Balaban J connectivity index is 1.32. The summed E-state index contributed by atoms with van der Waals surface area (Å²) in [5.41, 5.74) is 1.12. The van der Waals surface area contributed by atoms with E-state index in [0.717, 1.165) is 0 Å². The largest absolute Gasteiger partial charge is 0.454 e. The number of fused-ring (bicyclic) bond motifs is 1. The molecule has 1 unspecified atom stereocenters.